The second-order valence-corrected chi connectivity index (χ2v) is 8.06. The average molecular weight is 365 g/mol. The summed E-state index contributed by atoms with van der Waals surface area (Å²) in [6.45, 7) is 6.46. The average Bonchev–Trinajstić information content (AvgIpc) is 2.68. The predicted octanol–water partition coefficient (Wildman–Crippen LogP) is 2.58. The lowest BCUT2D eigenvalue weighted by Crippen LogP contribution is -2.53. The van der Waals surface area contributed by atoms with Gasteiger partial charge >= 0.3 is 0 Å². The first-order valence-corrected chi connectivity index (χ1v) is 9.79. The van der Waals surface area contributed by atoms with Crippen LogP contribution in [0.5, 0.6) is 0 Å². The fourth-order valence-electron chi connectivity index (χ4n) is 4.50. The van der Waals surface area contributed by atoms with E-state index in [-0.39, 0.29) is 11.3 Å². The number of hydrogen-bond donors (Lipinski definition) is 0. The number of aromatic nitrogens is 3. The van der Waals surface area contributed by atoms with Crippen molar-refractivity contribution >= 4 is 5.91 Å². The van der Waals surface area contributed by atoms with Crippen molar-refractivity contribution in [2.75, 3.05) is 19.6 Å². The van der Waals surface area contributed by atoms with Crippen LogP contribution in [0.2, 0.25) is 0 Å². The molecule has 0 aliphatic carbocycles. The van der Waals surface area contributed by atoms with Crippen LogP contribution in [0.15, 0.2) is 36.9 Å². The molecule has 2 saturated heterocycles. The summed E-state index contributed by atoms with van der Waals surface area (Å²) in [6, 6.07) is 3.98. The molecule has 6 nitrogen and oxygen atoms in total. The molecule has 2 aliphatic heterocycles. The lowest BCUT2D eigenvalue weighted by molar-refractivity contribution is -0.140. The highest BCUT2D eigenvalue weighted by molar-refractivity contribution is 5.77. The van der Waals surface area contributed by atoms with Gasteiger partial charge in [-0.25, -0.2) is 9.97 Å². The largest absolute Gasteiger partial charge is 0.338 e. The highest BCUT2D eigenvalue weighted by Gasteiger charge is 2.41. The van der Waals surface area contributed by atoms with Gasteiger partial charge in [0.15, 0.2) is 0 Å². The SMILES string of the molecule is Cc1ncc(CN2CCCC3(CCC(=O)N(Cc4cccnc4)C3)C2)cn1. The van der Waals surface area contributed by atoms with Gasteiger partial charge in [-0.2, -0.15) is 0 Å². The molecule has 2 aromatic heterocycles. The van der Waals surface area contributed by atoms with E-state index in [2.05, 4.69) is 19.9 Å². The molecule has 2 fully saturated rings. The molecule has 1 atom stereocenters. The Kier molecular flexibility index (Phi) is 5.16. The normalized spacial score (nSPS) is 23.7. The number of carbonyl (C=O) groups excluding carboxylic acids is 1. The second-order valence-electron chi connectivity index (χ2n) is 8.06. The molecule has 4 rings (SSSR count). The molecular weight excluding hydrogens is 338 g/mol. The first-order chi connectivity index (χ1) is 13.1. The Labute approximate surface area is 160 Å². The highest BCUT2D eigenvalue weighted by atomic mass is 16.2. The van der Waals surface area contributed by atoms with Gasteiger partial charge < -0.3 is 4.90 Å². The number of hydrogen-bond acceptors (Lipinski definition) is 5. The van der Waals surface area contributed by atoms with Crippen molar-refractivity contribution in [1.29, 1.82) is 0 Å². The molecule has 2 aromatic rings. The third kappa shape index (κ3) is 4.33. The quantitative estimate of drug-likeness (QED) is 0.833. The van der Waals surface area contributed by atoms with Crippen LogP contribution in [0.4, 0.5) is 0 Å². The van der Waals surface area contributed by atoms with E-state index in [1.807, 2.05) is 42.5 Å². The summed E-state index contributed by atoms with van der Waals surface area (Å²) in [5.41, 5.74) is 2.48. The first kappa shape index (κ1) is 18.0. The summed E-state index contributed by atoms with van der Waals surface area (Å²) in [5.74, 6) is 1.08. The van der Waals surface area contributed by atoms with Crippen molar-refractivity contribution in [2.24, 2.45) is 5.41 Å². The van der Waals surface area contributed by atoms with Crippen LogP contribution in [0.3, 0.4) is 0 Å². The Morgan fingerprint density at radius 3 is 2.70 bits per heavy atom. The molecule has 1 spiro atoms. The van der Waals surface area contributed by atoms with Crippen molar-refractivity contribution in [1.82, 2.24) is 24.8 Å². The first-order valence-electron chi connectivity index (χ1n) is 9.79. The van der Waals surface area contributed by atoms with Gasteiger partial charge in [0.1, 0.15) is 5.82 Å². The number of amides is 1. The van der Waals surface area contributed by atoms with Crippen molar-refractivity contribution in [3.63, 3.8) is 0 Å². The maximum Gasteiger partial charge on any atom is 0.222 e. The van der Waals surface area contributed by atoms with Gasteiger partial charge in [-0.1, -0.05) is 6.07 Å². The van der Waals surface area contributed by atoms with Crippen molar-refractivity contribution in [3.8, 4) is 0 Å². The Bertz CT molecular complexity index is 779. The fraction of sp³-hybridized carbons (Fsp3) is 0.524. The Morgan fingerprint density at radius 1 is 1.07 bits per heavy atom. The van der Waals surface area contributed by atoms with Gasteiger partial charge in [0, 0.05) is 68.4 Å². The number of pyridine rings is 1. The minimum absolute atomic E-state index is 0.208. The molecule has 2 aliphatic rings. The van der Waals surface area contributed by atoms with Crippen LogP contribution in [-0.2, 0) is 17.9 Å². The summed E-state index contributed by atoms with van der Waals surface area (Å²) in [7, 11) is 0. The van der Waals surface area contributed by atoms with Gasteiger partial charge in [0.2, 0.25) is 5.91 Å². The molecule has 1 amide bonds. The molecule has 0 saturated carbocycles. The van der Waals surface area contributed by atoms with Crippen molar-refractivity contribution < 1.29 is 4.79 Å². The molecule has 0 aromatic carbocycles. The molecule has 142 valence electrons. The monoisotopic (exact) mass is 365 g/mol. The van der Waals surface area contributed by atoms with Crippen molar-refractivity contribution in [3.05, 3.63) is 53.9 Å². The smallest absolute Gasteiger partial charge is 0.222 e. The van der Waals surface area contributed by atoms with E-state index in [9.17, 15) is 4.79 Å². The summed E-state index contributed by atoms with van der Waals surface area (Å²) in [5, 5.41) is 0. The van der Waals surface area contributed by atoms with Crippen LogP contribution in [0.25, 0.3) is 0 Å². The van der Waals surface area contributed by atoms with E-state index in [0.717, 1.165) is 49.6 Å². The molecule has 4 heterocycles. The number of aryl methyl sites for hydroxylation is 1. The third-order valence-electron chi connectivity index (χ3n) is 5.83. The van der Waals surface area contributed by atoms with E-state index in [1.54, 1.807) is 6.20 Å². The van der Waals surface area contributed by atoms with Crippen LogP contribution < -0.4 is 0 Å². The van der Waals surface area contributed by atoms with Crippen molar-refractivity contribution in [2.45, 2.75) is 45.7 Å². The van der Waals surface area contributed by atoms with E-state index in [0.29, 0.717) is 13.0 Å². The maximum absolute atomic E-state index is 12.5. The zero-order valence-corrected chi connectivity index (χ0v) is 16.0. The zero-order valence-electron chi connectivity index (χ0n) is 16.0. The Morgan fingerprint density at radius 2 is 1.93 bits per heavy atom. The van der Waals surface area contributed by atoms with Crippen LogP contribution in [0.1, 0.15) is 42.6 Å². The minimum atomic E-state index is 0.208. The molecule has 0 N–H and O–H groups in total. The zero-order chi connectivity index (χ0) is 18.7. The number of carbonyl (C=O) groups is 1. The van der Waals surface area contributed by atoms with E-state index in [1.165, 1.54) is 12.8 Å². The van der Waals surface area contributed by atoms with Crippen LogP contribution in [0, 0.1) is 12.3 Å². The molecule has 6 heteroatoms. The van der Waals surface area contributed by atoms with Crippen LogP contribution in [-0.4, -0.2) is 50.3 Å². The second kappa shape index (κ2) is 7.72. The van der Waals surface area contributed by atoms with E-state index in [4.69, 9.17) is 0 Å². The molecular formula is C21H27N5O. The lowest BCUT2D eigenvalue weighted by Gasteiger charge is -2.48. The standard InChI is InChI=1S/C21H27N5O/c1-17-23-11-19(12-24-17)13-25-9-3-6-21(15-25)7-5-20(27)26(16-21)14-18-4-2-8-22-10-18/h2,4,8,10-12H,3,5-7,9,13-16H2,1H3. The maximum atomic E-state index is 12.5. The third-order valence-corrected chi connectivity index (χ3v) is 5.83. The fourth-order valence-corrected chi connectivity index (χ4v) is 4.50. The van der Waals surface area contributed by atoms with Gasteiger partial charge in [0.05, 0.1) is 0 Å². The Balaban J connectivity index is 1.43. The predicted molar refractivity (Wildman–Crippen MR) is 103 cm³/mol. The van der Waals surface area contributed by atoms with Gasteiger partial charge in [-0.05, 0) is 44.4 Å². The van der Waals surface area contributed by atoms with Gasteiger partial charge in [-0.15, -0.1) is 0 Å². The summed E-state index contributed by atoms with van der Waals surface area (Å²) < 4.78 is 0. The summed E-state index contributed by atoms with van der Waals surface area (Å²) in [4.78, 5) is 29.9. The highest BCUT2D eigenvalue weighted by Crippen LogP contribution is 2.39. The topological polar surface area (TPSA) is 62.2 Å². The van der Waals surface area contributed by atoms with Gasteiger partial charge in [-0.3, -0.25) is 14.7 Å². The molecule has 27 heavy (non-hydrogen) atoms. The minimum Gasteiger partial charge on any atom is -0.338 e. The van der Waals surface area contributed by atoms with E-state index < -0.39 is 0 Å². The number of nitrogens with zero attached hydrogens (tertiary/aromatic N) is 5. The molecule has 0 radical (unpaired) electrons. The number of piperidine rings is 2. The number of rotatable bonds is 4. The van der Waals surface area contributed by atoms with Gasteiger partial charge in [0.25, 0.3) is 0 Å². The van der Waals surface area contributed by atoms with E-state index >= 15 is 0 Å². The van der Waals surface area contributed by atoms with Crippen LogP contribution >= 0.6 is 0 Å². The molecule has 0 bridgehead atoms. The molecule has 1 unspecified atom stereocenters. The Hall–Kier alpha value is -2.34. The number of likely N-dealkylation sites (tertiary alicyclic amines) is 2. The summed E-state index contributed by atoms with van der Waals surface area (Å²) >= 11 is 0. The summed E-state index contributed by atoms with van der Waals surface area (Å²) in [6.07, 6.45) is 11.5. The lowest BCUT2D eigenvalue weighted by atomic mass is 9.73.